The SMILES string of the molecule is Cc1ccc(/C=C/C(=O)Nc2ccc(C(C)C)cc2)cc1N. The molecular weight excluding hydrogens is 272 g/mol. The Hall–Kier alpha value is -2.55. The second kappa shape index (κ2) is 6.94. The second-order valence-corrected chi connectivity index (χ2v) is 5.72. The maximum atomic E-state index is 11.9. The van der Waals surface area contributed by atoms with E-state index in [0.29, 0.717) is 5.92 Å². The number of benzene rings is 2. The first-order chi connectivity index (χ1) is 10.5. The number of hydrogen-bond donors (Lipinski definition) is 2. The third-order valence-corrected chi connectivity index (χ3v) is 3.58. The number of nitrogen functional groups attached to an aromatic ring is 1. The molecule has 0 atom stereocenters. The predicted molar refractivity (Wildman–Crippen MR) is 93.8 cm³/mol. The van der Waals surface area contributed by atoms with Crippen LogP contribution in [0, 0.1) is 6.92 Å². The number of hydrogen-bond acceptors (Lipinski definition) is 2. The number of amides is 1. The van der Waals surface area contributed by atoms with Crippen molar-refractivity contribution in [3.8, 4) is 0 Å². The standard InChI is InChI=1S/C19H22N2O/c1-13(2)16-7-9-17(10-8-16)21-19(22)11-6-15-5-4-14(3)18(20)12-15/h4-13H,20H2,1-3H3,(H,21,22)/b11-6+. The number of carbonyl (C=O) groups is 1. The molecule has 0 radical (unpaired) electrons. The Morgan fingerprint density at radius 2 is 1.82 bits per heavy atom. The number of nitrogens with one attached hydrogen (secondary N) is 1. The fourth-order valence-electron chi connectivity index (χ4n) is 2.07. The lowest BCUT2D eigenvalue weighted by Crippen LogP contribution is -2.07. The second-order valence-electron chi connectivity index (χ2n) is 5.72. The van der Waals surface area contributed by atoms with Crippen molar-refractivity contribution in [1.29, 1.82) is 0 Å². The van der Waals surface area contributed by atoms with E-state index in [9.17, 15) is 4.79 Å². The van der Waals surface area contributed by atoms with Gasteiger partial charge in [-0.15, -0.1) is 0 Å². The van der Waals surface area contributed by atoms with Crippen molar-refractivity contribution in [2.45, 2.75) is 26.7 Å². The largest absolute Gasteiger partial charge is 0.398 e. The van der Waals surface area contributed by atoms with Gasteiger partial charge in [-0.05, 0) is 53.8 Å². The van der Waals surface area contributed by atoms with Gasteiger partial charge < -0.3 is 11.1 Å². The molecule has 2 aromatic rings. The molecule has 3 N–H and O–H groups in total. The maximum absolute atomic E-state index is 11.9. The number of aryl methyl sites for hydroxylation is 1. The highest BCUT2D eigenvalue weighted by Crippen LogP contribution is 2.17. The minimum atomic E-state index is -0.156. The summed E-state index contributed by atoms with van der Waals surface area (Å²) in [5.74, 6) is 0.327. The summed E-state index contributed by atoms with van der Waals surface area (Å²) in [7, 11) is 0. The first kappa shape index (κ1) is 15.8. The van der Waals surface area contributed by atoms with Gasteiger partial charge in [0.1, 0.15) is 0 Å². The number of nitrogens with two attached hydrogens (primary N) is 1. The van der Waals surface area contributed by atoms with Crippen LogP contribution in [0.1, 0.15) is 36.5 Å². The number of carbonyl (C=O) groups excluding carboxylic acids is 1. The van der Waals surface area contributed by atoms with Crippen LogP contribution in [0.15, 0.2) is 48.5 Å². The maximum Gasteiger partial charge on any atom is 0.248 e. The Kier molecular flexibility index (Phi) is 4.99. The van der Waals surface area contributed by atoms with Gasteiger partial charge in [0.2, 0.25) is 5.91 Å². The molecule has 0 aromatic heterocycles. The number of rotatable bonds is 4. The lowest BCUT2D eigenvalue weighted by molar-refractivity contribution is -0.111. The summed E-state index contributed by atoms with van der Waals surface area (Å²) in [5.41, 5.74) is 10.6. The third kappa shape index (κ3) is 4.22. The summed E-state index contributed by atoms with van der Waals surface area (Å²) in [4.78, 5) is 11.9. The van der Waals surface area contributed by atoms with Gasteiger partial charge in [0.25, 0.3) is 0 Å². The average molecular weight is 294 g/mol. The van der Waals surface area contributed by atoms with Gasteiger partial charge in [0, 0.05) is 17.5 Å². The molecule has 0 aliphatic rings. The van der Waals surface area contributed by atoms with E-state index in [1.807, 2.05) is 49.4 Å². The van der Waals surface area contributed by atoms with Crippen LogP contribution >= 0.6 is 0 Å². The third-order valence-electron chi connectivity index (χ3n) is 3.58. The minimum Gasteiger partial charge on any atom is -0.398 e. The van der Waals surface area contributed by atoms with Gasteiger partial charge in [0.05, 0.1) is 0 Å². The molecule has 0 saturated carbocycles. The van der Waals surface area contributed by atoms with Crippen molar-refractivity contribution in [2.75, 3.05) is 11.1 Å². The molecule has 22 heavy (non-hydrogen) atoms. The molecule has 1 amide bonds. The molecule has 0 saturated heterocycles. The van der Waals surface area contributed by atoms with Crippen LogP contribution in [-0.4, -0.2) is 5.91 Å². The van der Waals surface area contributed by atoms with Crippen LogP contribution in [0.2, 0.25) is 0 Å². The van der Waals surface area contributed by atoms with E-state index in [4.69, 9.17) is 5.73 Å². The molecule has 0 aliphatic carbocycles. The molecule has 3 heteroatoms. The summed E-state index contributed by atoms with van der Waals surface area (Å²) in [6, 6.07) is 13.6. The van der Waals surface area contributed by atoms with Crippen molar-refractivity contribution in [1.82, 2.24) is 0 Å². The zero-order chi connectivity index (χ0) is 16.1. The van der Waals surface area contributed by atoms with Gasteiger partial charge in [-0.3, -0.25) is 4.79 Å². The molecule has 2 rings (SSSR count). The van der Waals surface area contributed by atoms with Crippen molar-refractivity contribution >= 4 is 23.4 Å². The molecule has 114 valence electrons. The van der Waals surface area contributed by atoms with Gasteiger partial charge >= 0.3 is 0 Å². The topological polar surface area (TPSA) is 55.1 Å². The van der Waals surface area contributed by atoms with E-state index in [0.717, 1.165) is 22.5 Å². The average Bonchev–Trinajstić information content (AvgIpc) is 2.49. The molecule has 0 unspecified atom stereocenters. The molecule has 0 fully saturated rings. The summed E-state index contributed by atoms with van der Waals surface area (Å²) in [6.45, 7) is 6.24. The lowest BCUT2D eigenvalue weighted by Gasteiger charge is -2.07. The summed E-state index contributed by atoms with van der Waals surface area (Å²) < 4.78 is 0. The van der Waals surface area contributed by atoms with Crippen LogP contribution in [-0.2, 0) is 4.79 Å². The highest BCUT2D eigenvalue weighted by molar-refractivity contribution is 6.01. The van der Waals surface area contributed by atoms with Crippen LogP contribution in [0.25, 0.3) is 6.08 Å². The highest BCUT2D eigenvalue weighted by atomic mass is 16.1. The van der Waals surface area contributed by atoms with Crippen LogP contribution in [0.3, 0.4) is 0 Å². The summed E-state index contributed by atoms with van der Waals surface area (Å²) in [5, 5.41) is 2.85. The molecule has 2 aromatic carbocycles. The van der Waals surface area contributed by atoms with Gasteiger partial charge in [-0.2, -0.15) is 0 Å². The highest BCUT2D eigenvalue weighted by Gasteiger charge is 2.01. The zero-order valence-corrected chi connectivity index (χ0v) is 13.3. The quantitative estimate of drug-likeness (QED) is 0.650. The summed E-state index contributed by atoms with van der Waals surface area (Å²) in [6.07, 6.45) is 3.27. The van der Waals surface area contributed by atoms with E-state index < -0.39 is 0 Å². The monoisotopic (exact) mass is 294 g/mol. The first-order valence-electron chi connectivity index (χ1n) is 7.41. The van der Waals surface area contributed by atoms with Crippen LogP contribution in [0.5, 0.6) is 0 Å². The molecule has 0 aliphatic heterocycles. The molecule has 0 bridgehead atoms. The first-order valence-corrected chi connectivity index (χ1v) is 7.41. The van der Waals surface area contributed by atoms with Crippen molar-refractivity contribution in [3.63, 3.8) is 0 Å². The molecule has 0 spiro atoms. The minimum absolute atomic E-state index is 0.156. The summed E-state index contributed by atoms with van der Waals surface area (Å²) >= 11 is 0. The van der Waals surface area contributed by atoms with Crippen molar-refractivity contribution in [2.24, 2.45) is 0 Å². The van der Waals surface area contributed by atoms with Crippen molar-refractivity contribution < 1.29 is 4.79 Å². The van der Waals surface area contributed by atoms with E-state index in [1.54, 1.807) is 6.08 Å². The van der Waals surface area contributed by atoms with E-state index >= 15 is 0 Å². The Morgan fingerprint density at radius 1 is 1.14 bits per heavy atom. The Balaban J connectivity index is 2.00. The van der Waals surface area contributed by atoms with Crippen LogP contribution in [0.4, 0.5) is 11.4 Å². The predicted octanol–water partition coefficient (Wildman–Crippen LogP) is 4.35. The smallest absolute Gasteiger partial charge is 0.248 e. The van der Waals surface area contributed by atoms with Crippen molar-refractivity contribution in [3.05, 3.63) is 65.2 Å². The van der Waals surface area contributed by atoms with Gasteiger partial charge in [-0.25, -0.2) is 0 Å². The van der Waals surface area contributed by atoms with Crippen LogP contribution < -0.4 is 11.1 Å². The molecular formula is C19H22N2O. The fourth-order valence-corrected chi connectivity index (χ4v) is 2.07. The van der Waals surface area contributed by atoms with E-state index in [2.05, 4.69) is 19.2 Å². The molecule has 3 nitrogen and oxygen atoms in total. The fraction of sp³-hybridized carbons (Fsp3) is 0.211. The van der Waals surface area contributed by atoms with E-state index in [1.165, 1.54) is 11.6 Å². The van der Waals surface area contributed by atoms with E-state index in [-0.39, 0.29) is 5.91 Å². The Bertz CT molecular complexity index is 685. The zero-order valence-electron chi connectivity index (χ0n) is 13.3. The van der Waals surface area contributed by atoms with Gasteiger partial charge in [-0.1, -0.05) is 38.1 Å². The normalized spacial score (nSPS) is 11.1. The van der Waals surface area contributed by atoms with Gasteiger partial charge in [0.15, 0.2) is 0 Å². The Labute approximate surface area is 131 Å². The molecule has 0 heterocycles. The lowest BCUT2D eigenvalue weighted by atomic mass is 10.0. The number of anilines is 2. The Morgan fingerprint density at radius 3 is 2.41 bits per heavy atom.